The Morgan fingerprint density at radius 3 is 2.54 bits per heavy atom. The zero-order valence-electron chi connectivity index (χ0n) is 18.6. The zero-order chi connectivity index (χ0) is 25.4. The van der Waals surface area contributed by atoms with Crippen molar-refractivity contribution in [2.24, 2.45) is 0 Å². The number of aromatic nitrogens is 1. The van der Waals surface area contributed by atoms with Gasteiger partial charge in [0.15, 0.2) is 0 Å². The smallest absolute Gasteiger partial charge is 0.434 e. The topological polar surface area (TPSA) is 162 Å². The summed E-state index contributed by atoms with van der Waals surface area (Å²) in [5.74, 6) is 0. The lowest BCUT2D eigenvalue weighted by atomic mass is 9.93. The first-order chi connectivity index (χ1) is 16.8. The minimum atomic E-state index is -1.05. The largest absolute Gasteiger partial charge is 0.508 e. The Hall–Kier alpha value is -3.71. The van der Waals surface area contributed by atoms with E-state index in [0.29, 0.717) is 16.3 Å². The number of halogens is 1. The number of aryl methyl sites for hydroxylation is 1. The second-order valence-electron chi connectivity index (χ2n) is 7.39. The fourth-order valence-corrected chi connectivity index (χ4v) is 3.80. The highest BCUT2D eigenvalue weighted by molar-refractivity contribution is 6.30. The number of nitrogens with zero attached hydrogens (tertiary/aromatic N) is 3. The molecule has 2 atom stereocenters. The molecule has 1 aliphatic rings. The van der Waals surface area contributed by atoms with Crippen molar-refractivity contribution in [3.63, 3.8) is 0 Å². The van der Waals surface area contributed by atoms with Crippen molar-refractivity contribution in [1.29, 1.82) is 0 Å². The molecule has 0 bridgehead atoms. The Morgan fingerprint density at radius 1 is 1.17 bits per heavy atom. The molecule has 0 radical (unpaired) electrons. The van der Waals surface area contributed by atoms with Crippen LogP contribution in [0.4, 0.5) is 4.79 Å². The molecule has 2 aromatic rings. The van der Waals surface area contributed by atoms with Crippen molar-refractivity contribution >= 4 is 17.8 Å². The number of carbonyl (C=O) groups excluding carboxylic acids is 1. The molecule has 14 heteroatoms. The van der Waals surface area contributed by atoms with Crippen LogP contribution in [0, 0.1) is 27.2 Å². The van der Waals surface area contributed by atoms with Crippen molar-refractivity contribution in [3.8, 4) is 0 Å². The maximum Gasteiger partial charge on any atom is 0.508 e. The number of fused-ring (bicyclic) bond motifs is 1. The minimum Gasteiger partial charge on any atom is -0.434 e. The molecule has 0 spiro atoms. The van der Waals surface area contributed by atoms with Crippen LogP contribution in [-0.2, 0) is 30.5 Å². The van der Waals surface area contributed by atoms with Crippen LogP contribution in [0.5, 0.6) is 0 Å². The fraction of sp³-hybridized carbons (Fsp3) is 0.429. The van der Waals surface area contributed by atoms with E-state index in [9.17, 15) is 25.0 Å². The molecule has 188 valence electrons. The first kappa shape index (κ1) is 25.9. The highest BCUT2D eigenvalue weighted by Gasteiger charge is 2.33. The van der Waals surface area contributed by atoms with Crippen molar-refractivity contribution in [1.82, 2.24) is 4.98 Å². The molecular formula is C21H22ClN3O10. The summed E-state index contributed by atoms with van der Waals surface area (Å²) in [7, 11) is 0. The minimum absolute atomic E-state index is 0.0505. The summed E-state index contributed by atoms with van der Waals surface area (Å²) >= 11 is 5.98. The maximum absolute atomic E-state index is 12.3. The summed E-state index contributed by atoms with van der Waals surface area (Å²) in [5, 5.41) is 19.5. The van der Waals surface area contributed by atoms with Crippen LogP contribution >= 0.6 is 11.6 Å². The van der Waals surface area contributed by atoms with Gasteiger partial charge in [0.1, 0.15) is 18.8 Å². The number of benzene rings is 1. The molecule has 0 N–H and O–H groups in total. The van der Waals surface area contributed by atoms with Gasteiger partial charge in [0, 0.05) is 40.9 Å². The summed E-state index contributed by atoms with van der Waals surface area (Å²) in [4.78, 5) is 46.1. The SMILES string of the molecule is Cc1ncc2c(c1C(CCO[N+](=O)[O-])OC(=O)OCCCO[N+](=O)[O-])COC2c1ccc(Cl)cc1. The van der Waals surface area contributed by atoms with E-state index in [4.69, 9.17) is 25.8 Å². The summed E-state index contributed by atoms with van der Waals surface area (Å²) in [6.07, 6.45) is -0.749. The van der Waals surface area contributed by atoms with Gasteiger partial charge in [-0.25, -0.2) is 4.79 Å². The number of carbonyl (C=O) groups is 1. The van der Waals surface area contributed by atoms with Gasteiger partial charge in [-0.2, -0.15) is 0 Å². The number of hydrogen-bond acceptors (Lipinski definition) is 11. The van der Waals surface area contributed by atoms with Crippen molar-refractivity contribution in [2.75, 3.05) is 19.8 Å². The van der Waals surface area contributed by atoms with Gasteiger partial charge >= 0.3 is 6.16 Å². The third kappa shape index (κ3) is 7.13. The molecule has 2 unspecified atom stereocenters. The molecule has 1 aromatic carbocycles. The van der Waals surface area contributed by atoms with Gasteiger partial charge in [-0.1, -0.05) is 23.7 Å². The summed E-state index contributed by atoms with van der Waals surface area (Å²) in [6.45, 7) is 1.14. The van der Waals surface area contributed by atoms with Gasteiger partial charge in [0.25, 0.3) is 10.2 Å². The molecule has 1 aliphatic heterocycles. The Balaban J connectivity index is 1.79. The van der Waals surface area contributed by atoms with Crippen LogP contribution in [0.1, 0.15) is 53.0 Å². The fourth-order valence-electron chi connectivity index (χ4n) is 3.67. The normalized spacial score (nSPS) is 15.1. The standard InChI is InChI=1S/C21H22ClN3O10/c1-13-19(17-12-32-20(16(17)11-23-13)14-3-5-15(22)6-4-14)18(7-10-34-25(29)30)35-21(26)31-8-2-9-33-24(27)28/h3-6,11,18,20H,2,7-10,12H2,1H3. The van der Waals surface area contributed by atoms with Gasteiger partial charge in [-0.15, -0.1) is 20.2 Å². The molecule has 13 nitrogen and oxygen atoms in total. The first-order valence-corrected chi connectivity index (χ1v) is 10.9. The van der Waals surface area contributed by atoms with Crippen LogP contribution in [0.15, 0.2) is 30.5 Å². The van der Waals surface area contributed by atoms with Crippen molar-refractivity contribution in [2.45, 2.75) is 38.6 Å². The number of rotatable bonds is 12. The van der Waals surface area contributed by atoms with Crippen LogP contribution in [0.2, 0.25) is 5.02 Å². The van der Waals surface area contributed by atoms with E-state index in [0.717, 1.165) is 16.7 Å². The van der Waals surface area contributed by atoms with Gasteiger partial charge in [-0.05, 0) is 30.2 Å². The van der Waals surface area contributed by atoms with Gasteiger partial charge < -0.3 is 23.9 Å². The highest BCUT2D eigenvalue weighted by atomic mass is 35.5. The molecule has 0 saturated carbocycles. The average molecular weight is 512 g/mol. The molecule has 2 heterocycles. The molecule has 0 fully saturated rings. The number of pyridine rings is 1. The quantitative estimate of drug-likeness (QED) is 0.175. The average Bonchev–Trinajstić information content (AvgIpc) is 3.22. The van der Waals surface area contributed by atoms with E-state index in [1.165, 1.54) is 0 Å². The van der Waals surface area contributed by atoms with Crippen LogP contribution < -0.4 is 0 Å². The molecule has 1 aromatic heterocycles. The summed E-state index contributed by atoms with van der Waals surface area (Å²) in [6, 6.07) is 7.16. The Morgan fingerprint density at radius 2 is 1.86 bits per heavy atom. The molecule has 3 rings (SSSR count). The molecule has 0 saturated heterocycles. The predicted octanol–water partition coefficient (Wildman–Crippen LogP) is 4.05. The summed E-state index contributed by atoms with van der Waals surface area (Å²) in [5.41, 5.74) is 3.45. The monoisotopic (exact) mass is 511 g/mol. The van der Waals surface area contributed by atoms with E-state index >= 15 is 0 Å². The number of ether oxygens (including phenoxy) is 3. The Kier molecular flexibility index (Phi) is 8.98. The second-order valence-corrected chi connectivity index (χ2v) is 7.83. The van der Waals surface area contributed by atoms with Crippen molar-refractivity contribution < 1.29 is 38.9 Å². The van der Waals surface area contributed by atoms with Crippen LogP contribution in [-0.4, -0.2) is 41.1 Å². The Labute approximate surface area is 204 Å². The Bertz CT molecular complexity index is 1070. The number of hydrogen-bond donors (Lipinski definition) is 0. The zero-order valence-corrected chi connectivity index (χ0v) is 19.3. The second kappa shape index (κ2) is 12.1. The molecule has 35 heavy (non-hydrogen) atoms. The summed E-state index contributed by atoms with van der Waals surface area (Å²) < 4.78 is 16.4. The van der Waals surface area contributed by atoms with Gasteiger partial charge in [-0.3, -0.25) is 4.98 Å². The lowest BCUT2D eigenvalue weighted by Gasteiger charge is -2.22. The van der Waals surface area contributed by atoms with Crippen LogP contribution in [0.3, 0.4) is 0 Å². The van der Waals surface area contributed by atoms with Crippen molar-refractivity contribution in [3.05, 3.63) is 83.7 Å². The lowest BCUT2D eigenvalue weighted by Crippen LogP contribution is -2.19. The van der Waals surface area contributed by atoms with Gasteiger partial charge in [0.2, 0.25) is 0 Å². The van der Waals surface area contributed by atoms with E-state index in [2.05, 4.69) is 14.7 Å². The molecule has 0 aliphatic carbocycles. The third-order valence-electron chi connectivity index (χ3n) is 5.15. The third-order valence-corrected chi connectivity index (χ3v) is 5.40. The highest BCUT2D eigenvalue weighted by Crippen LogP contribution is 2.41. The first-order valence-electron chi connectivity index (χ1n) is 10.5. The molecule has 0 amide bonds. The van der Waals surface area contributed by atoms with E-state index < -0.39 is 28.5 Å². The van der Waals surface area contributed by atoms with E-state index in [-0.39, 0.29) is 39.3 Å². The van der Waals surface area contributed by atoms with E-state index in [1.807, 2.05) is 12.1 Å². The predicted molar refractivity (Wildman–Crippen MR) is 117 cm³/mol. The van der Waals surface area contributed by atoms with Crippen LogP contribution in [0.25, 0.3) is 0 Å². The lowest BCUT2D eigenvalue weighted by molar-refractivity contribution is -0.758. The van der Waals surface area contributed by atoms with Gasteiger partial charge in [0.05, 0.1) is 19.8 Å². The van der Waals surface area contributed by atoms with E-state index in [1.54, 1.807) is 25.3 Å². The molecular weight excluding hydrogens is 490 g/mol. The maximum atomic E-state index is 12.3.